The van der Waals surface area contributed by atoms with Gasteiger partial charge in [-0.3, -0.25) is 0 Å². The van der Waals surface area contributed by atoms with E-state index < -0.39 is 13.9 Å². The van der Waals surface area contributed by atoms with Crippen LogP contribution in [0.15, 0.2) is 5.16 Å². The Kier molecular flexibility index (Phi) is 5.29. The molecule has 0 amide bonds. The van der Waals surface area contributed by atoms with Gasteiger partial charge in [0.1, 0.15) is 0 Å². The van der Waals surface area contributed by atoms with E-state index in [2.05, 4.69) is 19.2 Å². The molecule has 0 atom stereocenters. The summed E-state index contributed by atoms with van der Waals surface area (Å²) in [4.78, 5) is 12.1. The van der Waals surface area contributed by atoms with E-state index in [1.54, 1.807) is 0 Å². The van der Waals surface area contributed by atoms with Gasteiger partial charge in [-0.1, -0.05) is 5.16 Å². The van der Waals surface area contributed by atoms with Crippen LogP contribution in [0.3, 0.4) is 0 Å². The molecule has 3 fully saturated rings. The zero-order valence-corrected chi connectivity index (χ0v) is 14.0. The predicted molar refractivity (Wildman–Crippen MR) is 85.7 cm³/mol. The molecule has 0 saturated carbocycles. The molecule has 8 heteroatoms. The van der Waals surface area contributed by atoms with Crippen LogP contribution in [0, 0.1) is 0 Å². The van der Waals surface area contributed by atoms with Gasteiger partial charge in [-0.05, 0) is 38.5 Å². The third-order valence-electron chi connectivity index (χ3n) is 4.73. The molecule has 0 unspecified atom stereocenters. The maximum absolute atomic E-state index is 12.1. The molecule has 22 heavy (non-hydrogen) atoms. The van der Waals surface area contributed by atoms with Crippen molar-refractivity contribution in [2.24, 2.45) is 5.16 Å². The zero-order chi connectivity index (χ0) is 15.4. The minimum Gasteiger partial charge on any atom is -0.411 e. The first-order valence-corrected chi connectivity index (χ1v) is 9.90. The summed E-state index contributed by atoms with van der Waals surface area (Å²) in [5, 5.41) is 11.5. The lowest BCUT2D eigenvalue weighted by Crippen LogP contribution is -2.44. The number of hydrogen-bond donors (Lipinski definition) is 1. The Morgan fingerprint density at radius 2 is 1.23 bits per heavy atom. The first-order chi connectivity index (χ1) is 10.8. The summed E-state index contributed by atoms with van der Waals surface area (Å²) in [6.45, 7) is 5.94. The van der Waals surface area contributed by atoms with Crippen LogP contribution >= 0.6 is 7.94 Å². The maximum atomic E-state index is 12.1. The number of nitrogens with zero attached hydrogens (tertiary/aromatic N) is 4. The van der Waals surface area contributed by atoms with Crippen molar-refractivity contribution in [2.45, 2.75) is 38.5 Å². The second-order valence-electron chi connectivity index (χ2n) is 6.15. The molecule has 0 aromatic carbocycles. The van der Waals surface area contributed by atoms with Gasteiger partial charge in [-0.2, -0.15) is 0 Å². The molecule has 3 aliphatic rings. The van der Waals surface area contributed by atoms with Gasteiger partial charge in [0.25, 0.3) is 0 Å². The van der Waals surface area contributed by atoms with E-state index in [9.17, 15) is 4.79 Å². The first-order valence-electron chi connectivity index (χ1n) is 8.34. The Hall–Kier alpha value is -0.750. The Balaban J connectivity index is 1.93. The average Bonchev–Trinajstić information content (AvgIpc) is 3.28. The van der Waals surface area contributed by atoms with E-state index in [0.717, 1.165) is 84.0 Å². The van der Waals surface area contributed by atoms with Gasteiger partial charge in [0.05, 0.1) is 0 Å². The standard InChI is InChI=1S/C14H25N4O3P/c19-14(13-15-20)21-22(16-7-1-2-8-16,17-9-3-4-10-17)18-11-5-6-12-18/h13H,1-12H2/p+1. The van der Waals surface area contributed by atoms with Crippen molar-refractivity contribution in [3.05, 3.63) is 0 Å². The highest BCUT2D eigenvalue weighted by atomic mass is 31.2. The second kappa shape index (κ2) is 7.21. The van der Waals surface area contributed by atoms with Crippen molar-refractivity contribution in [1.82, 2.24) is 14.0 Å². The smallest absolute Gasteiger partial charge is 0.411 e. The van der Waals surface area contributed by atoms with Gasteiger partial charge >= 0.3 is 13.9 Å². The van der Waals surface area contributed by atoms with Gasteiger partial charge in [-0.15, -0.1) is 14.0 Å². The summed E-state index contributed by atoms with van der Waals surface area (Å²) in [5.74, 6) is -0.526. The highest BCUT2D eigenvalue weighted by molar-refractivity contribution is 7.64. The van der Waals surface area contributed by atoms with Crippen molar-refractivity contribution >= 4 is 20.1 Å². The number of rotatable bonds is 5. The van der Waals surface area contributed by atoms with Crippen LogP contribution in [-0.2, 0) is 9.32 Å². The van der Waals surface area contributed by atoms with Crippen molar-refractivity contribution < 1.29 is 14.5 Å². The van der Waals surface area contributed by atoms with Crippen molar-refractivity contribution in [1.29, 1.82) is 0 Å². The van der Waals surface area contributed by atoms with E-state index >= 15 is 0 Å². The first kappa shape index (κ1) is 16.1. The fourth-order valence-corrected chi connectivity index (χ4v) is 7.90. The Morgan fingerprint density at radius 3 is 1.55 bits per heavy atom. The van der Waals surface area contributed by atoms with Crippen molar-refractivity contribution in [2.75, 3.05) is 39.3 Å². The Labute approximate surface area is 132 Å². The summed E-state index contributed by atoms with van der Waals surface area (Å²) in [7, 11) is -2.28. The van der Waals surface area contributed by atoms with Crippen LogP contribution in [0.4, 0.5) is 0 Å². The molecule has 0 radical (unpaired) electrons. The average molecular weight is 329 g/mol. The highest BCUT2D eigenvalue weighted by Crippen LogP contribution is 2.70. The molecule has 7 nitrogen and oxygen atoms in total. The van der Waals surface area contributed by atoms with Crippen LogP contribution in [-0.4, -0.2) is 70.7 Å². The summed E-state index contributed by atoms with van der Waals surface area (Å²) in [5.41, 5.74) is 0. The predicted octanol–water partition coefficient (Wildman–Crippen LogP) is 1.95. The molecular weight excluding hydrogens is 303 g/mol. The molecule has 3 heterocycles. The van der Waals surface area contributed by atoms with Crippen LogP contribution < -0.4 is 0 Å². The van der Waals surface area contributed by atoms with Gasteiger partial charge in [0, 0.05) is 39.3 Å². The zero-order valence-electron chi connectivity index (χ0n) is 13.1. The van der Waals surface area contributed by atoms with E-state index in [1.165, 1.54) is 0 Å². The molecule has 3 saturated heterocycles. The molecule has 1 N–H and O–H groups in total. The molecule has 0 aliphatic carbocycles. The Morgan fingerprint density at radius 1 is 0.864 bits per heavy atom. The van der Waals surface area contributed by atoms with E-state index in [1.807, 2.05) is 0 Å². The largest absolute Gasteiger partial charge is 0.423 e. The fraction of sp³-hybridized carbons (Fsp3) is 0.857. The summed E-state index contributed by atoms with van der Waals surface area (Å²) in [6.07, 6.45) is 7.86. The van der Waals surface area contributed by atoms with E-state index in [-0.39, 0.29) is 0 Å². The summed E-state index contributed by atoms with van der Waals surface area (Å²) in [6, 6.07) is 0. The number of carbonyl (C=O) groups is 1. The van der Waals surface area contributed by atoms with Gasteiger partial charge in [0.2, 0.25) is 0 Å². The van der Waals surface area contributed by atoms with Crippen LogP contribution in [0.1, 0.15) is 38.5 Å². The summed E-state index contributed by atoms with van der Waals surface area (Å²) < 4.78 is 13.3. The second-order valence-corrected chi connectivity index (χ2v) is 9.06. The number of carbonyl (C=O) groups excluding carboxylic acids is 1. The molecular formula is C14H26N4O3P+. The Bertz CT molecular complexity index is 376. The SMILES string of the molecule is O=C(C=NO)O[P+](N1CCCC1)(N1CCCC1)N1CCCC1. The lowest BCUT2D eigenvalue weighted by atomic mass is 10.4. The van der Waals surface area contributed by atoms with Crippen LogP contribution in [0.25, 0.3) is 0 Å². The highest BCUT2D eigenvalue weighted by Gasteiger charge is 2.63. The minimum atomic E-state index is -2.28. The van der Waals surface area contributed by atoms with E-state index in [0.29, 0.717) is 0 Å². The molecule has 0 bridgehead atoms. The van der Waals surface area contributed by atoms with Gasteiger partial charge in [-0.25, -0.2) is 9.32 Å². The molecule has 3 rings (SSSR count). The lowest BCUT2D eigenvalue weighted by Gasteiger charge is -2.40. The monoisotopic (exact) mass is 329 g/mol. The lowest BCUT2D eigenvalue weighted by molar-refractivity contribution is -0.127. The summed E-state index contributed by atoms with van der Waals surface area (Å²) >= 11 is 0. The van der Waals surface area contributed by atoms with Crippen LogP contribution in [0.2, 0.25) is 0 Å². The van der Waals surface area contributed by atoms with Crippen LogP contribution in [0.5, 0.6) is 0 Å². The minimum absolute atomic E-state index is 0.526. The molecule has 0 aromatic heterocycles. The number of hydrogen-bond acceptors (Lipinski definition) is 7. The van der Waals surface area contributed by atoms with Gasteiger partial charge in [0.15, 0.2) is 6.21 Å². The maximum Gasteiger partial charge on any atom is 0.423 e. The van der Waals surface area contributed by atoms with E-state index in [4.69, 9.17) is 9.73 Å². The third kappa shape index (κ3) is 3.00. The van der Waals surface area contributed by atoms with Crippen molar-refractivity contribution in [3.63, 3.8) is 0 Å². The fourth-order valence-electron chi connectivity index (χ4n) is 3.78. The van der Waals surface area contributed by atoms with Crippen molar-refractivity contribution in [3.8, 4) is 0 Å². The molecule has 3 aliphatic heterocycles. The molecule has 0 spiro atoms. The topological polar surface area (TPSA) is 68.6 Å². The third-order valence-corrected chi connectivity index (χ3v) is 8.56. The number of oxime groups is 1. The molecule has 124 valence electrons. The normalized spacial score (nSPS) is 25.5. The quantitative estimate of drug-likeness (QED) is 0.360. The molecule has 0 aromatic rings. The van der Waals surface area contributed by atoms with Gasteiger partial charge < -0.3 is 5.21 Å².